The van der Waals surface area contributed by atoms with Crippen LogP contribution in [0.15, 0.2) is 36.4 Å². The number of halogens is 3. The first-order chi connectivity index (χ1) is 8.50. The van der Waals surface area contributed by atoms with E-state index >= 15 is 0 Å². The van der Waals surface area contributed by atoms with E-state index in [0.717, 1.165) is 6.07 Å². The third-order valence-electron chi connectivity index (χ3n) is 2.46. The molecule has 0 radical (unpaired) electrons. The van der Waals surface area contributed by atoms with E-state index in [2.05, 4.69) is 0 Å². The Morgan fingerprint density at radius 3 is 2.50 bits per heavy atom. The third-order valence-corrected chi connectivity index (χ3v) is 2.77. The molecule has 0 atom stereocenters. The summed E-state index contributed by atoms with van der Waals surface area (Å²) < 4.78 is 26.6. The Bertz CT molecular complexity index is 626. The van der Waals surface area contributed by atoms with E-state index in [1.165, 1.54) is 30.3 Å². The number of carboxylic acid groups (broad SMARTS) is 1. The first-order valence-electron chi connectivity index (χ1n) is 4.98. The first-order valence-corrected chi connectivity index (χ1v) is 5.35. The normalized spacial score (nSPS) is 10.4. The smallest absolute Gasteiger partial charge is 0.337 e. The summed E-state index contributed by atoms with van der Waals surface area (Å²) in [5.41, 5.74) is 0.271. The van der Waals surface area contributed by atoms with Gasteiger partial charge in [0.05, 0.1) is 10.6 Å². The molecule has 0 heterocycles. The second-order valence-electron chi connectivity index (χ2n) is 3.60. The highest BCUT2D eigenvalue weighted by atomic mass is 35.5. The lowest BCUT2D eigenvalue weighted by Gasteiger charge is -2.06. The van der Waals surface area contributed by atoms with Crippen molar-refractivity contribution < 1.29 is 18.7 Å². The molecule has 0 aliphatic carbocycles. The SMILES string of the molecule is O=C(O)c1ccc(-c2cccc(F)c2F)cc1Cl. The number of hydrogen-bond donors (Lipinski definition) is 1. The Labute approximate surface area is 106 Å². The van der Waals surface area contributed by atoms with Crippen LogP contribution in [0.25, 0.3) is 11.1 Å². The Morgan fingerprint density at radius 1 is 1.17 bits per heavy atom. The van der Waals surface area contributed by atoms with E-state index in [1.54, 1.807) is 0 Å². The Kier molecular flexibility index (Phi) is 3.30. The van der Waals surface area contributed by atoms with Gasteiger partial charge in [0.2, 0.25) is 0 Å². The van der Waals surface area contributed by atoms with Gasteiger partial charge in [-0.1, -0.05) is 29.8 Å². The second kappa shape index (κ2) is 4.74. The van der Waals surface area contributed by atoms with Gasteiger partial charge in [-0.25, -0.2) is 13.6 Å². The molecule has 0 aliphatic rings. The van der Waals surface area contributed by atoms with Crippen molar-refractivity contribution in [3.63, 3.8) is 0 Å². The molecule has 1 N–H and O–H groups in total. The summed E-state index contributed by atoms with van der Waals surface area (Å²) in [6, 6.07) is 7.70. The quantitative estimate of drug-likeness (QED) is 0.894. The number of hydrogen-bond acceptors (Lipinski definition) is 1. The summed E-state index contributed by atoms with van der Waals surface area (Å²) in [6.45, 7) is 0. The molecule has 0 bridgehead atoms. The van der Waals surface area contributed by atoms with Crippen molar-refractivity contribution in [3.05, 3.63) is 58.6 Å². The summed E-state index contributed by atoms with van der Waals surface area (Å²) in [5, 5.41) is 8.78. The van der Waals surface area contributed by atoms with Crippen LogP contribution in [0, 0.1) is 11.6 Å². The molecule has 0 unspecified atom stereocenters. The molecule has 18 heavy (non-hydrogen) atoms. The van der Waals surface area contributed by atoms with Crippen LogP contribution in [0.1, 0.15) is 10.4 Å². The summed E-state index contributed by atoms with van der Waals surface area (Å²) in [5.74, 6) is -3.13. The molecule has 0 aliphatic heterocycles. The van der Waals surface area contributed by atoms with Crippen LogP contribution in [0.5, 0.6) is 0 Å². The van der Waals surface area contributed by atoms with Crippen LogP contribution >= 0.6 is 11.6 Å². The number of benzene rings is 2. The Hall–Kier alpha value is -1.94. The van der Waals surface area contributed by atoms with E-state index in [4.69, 9.17) is 16.7 Å². The molecule has 0 spiro atoms. The monoisotopic (exact) mass is 268 g/mol. The van der Waals surface area contributed by atoms with Crippen molar-refractivity contribution in [1.82, 2.24) is 0 Å². The Morgan fingerprint density at radius 2 is 1.89 bits per heavy atom. The van der Waals surface area contributed by atoms with Crippen molar-refractivity contribution in [1.29, 1.82) is 0 Å². The van der Waals surface area contributed by atoms with E-state index in [0.29, 0.717) is 5.56 Å². The minimum Gasteiger partial charge on any atom is -0.478 e. The van der Waals surface area contributed by atoms with Gasteiger partial charge in [-0.3, -0.25) is 0 Å². The number of carbonyl (C=O) groups is 1. The predicted octanol–water partition coefficient (Wildman–Crippen LogP) is 3.98. The summed E-state index contributed by atoms with van der Waals surface area (Å²) >= 11 is 5.77. The van der Waals surface area contributed by atoms with Gasteiger partial charge in [-0.2, -0.15) is 0 Å². The van der Waals surface area contributed by atoms with Gasteiger partial charge < -0.3 is 5.11 Å². The van der Waals surface area contributed by atoms with Crippen LogP contribution in [0.3, 0.4) is 0 Å². The minimum atomic E-state index is -1.17. The van der Waals surface area contributed by atoms with E-state index in [-0.39, 0.29) is 16.1 Å². The highest BCUT2D eigenvalue weighted by Gasteiger charge is 2.13. The maximum atomic E-state index is 13.5. The fraction of sp³-hybridized carbons (Fsp3) is 0. The first kappa shape index (κ1) is 12.5. The molecule has 0 fully saturated rings. The lowest BCUT2D eigenvalue weighted by atomic mass is 10.0. The molecular formula is C13H7ClF2O2. The molecule has 5 heteroatoms. The topological polar surface area (TPSA) is 37.3 Å². The largest absolute Gasteiger partial charge is 0.478 e. The lowest BCUT2D eigenvalue weighted by Crippen LogP contribution is -1.97. The zero-order valence-corrected chi connectivity index (χ0v) is 9.71. The van der Waals surface area contributed by atoms with Gasteiger partial charge in [0.1, 0.15) is 0 Å². The van der Waals surface area contributed by atoms with Crippen molar-refractivity contribution >= 4 is 17.6 Å². The highest BCUT2D eigenvalue weighted by molar-refractivity contribution is 6.33. The molecule has 0 amide bonds. The van der Waals surface area contributed by atoms with Gasteiger partial charge in [-0.15, -0.1) is 0 Å². The number of carboxylic acids is 1. The van der Waals surface area contributed by atoms with Gasteiger partial charge in [0, 0.05) is 5.56 Å². The molecule has 0 saturated heterocycles. The standard InChI is InChI=1S/C13H7ClF2O2/c14-10-6-7(4-5-9(10)13(17)18)8-2-1-3-11(15)12(8)16/h1-6H,(H,17,18). The average Bonchev–Trinajstić information content (AvgIpc) is 2.32. The molecule has 2 aromatic carbocycles. The highest BCUT2D eigenvalue weighted by Crippen LogP contribution is 2.28. The summed E-state index contributed by atoms with van der Waals surface area (Å²) in [4.78, 5) is 10.8. The van der Waals surface area contributed by atoms with Crippen LogP contribution in [0.2, 0.25) is 5.02 Å². The number of aromatic carboxylic acids is 1. The molecule has 2 rings (SSSR count). The van der Waals surface area contributed by atoms with Gasteiger partial charge >= 0.3 is 5.97 Å². The number of rotatable bonds is 2. The van der Waals surface area contributed by atoms with Crippen LogP contribution in [0.4, 0.5) is 8.78 Å². The van der Waals surface area contributed by atoms with E-state index < -0.39 is 17.6 Å². The lowest BCUT2D eigenvalue weighted by molar-refractivity contribution is 0.0697. The van der Waals surface area contributed by atoms with Crippen molar-refractivity contribution in [2.75, 3.05) is 0 Å². The van der Waals surface area contributed by atoms with Gasteiger partial charge in [0.25, 0.3) is 0 Å². The fourth-order valence-electron chi connectivity index (χ4n) is 1.58. The molecule has 0 saturated carbocycles. The maximum Gasteiger partial charge on any atom is 0.337 e. The zero-order chi connectivity index (χ0) is 13.3. The summed E-state index contributed by atoms with van der Waals surface area (Å²) in [7, 11) is 0. The van der Waals surface area contributed by atoms with Gasteiger partial charge in [0.15, 0.2) is 11.6 Å². The average molecular weight is 269 g/mol. The predicted molar refractivity (Wildman–Crippen MR) is 63.8 cm³/mol. The third kappa shape index (κ3) is 2.19. The van der Waals surface area contributed by atoms with Crippen molar-refractivity contribution in [3.8, 4) is 11.1 Å². The van der Waals surface area contributed by atoms with Crippen LogP contribution in [-0.4, -0.2) is 11.1 Å². The van der Waals surface area contributed by atoms with Crippen molar-refractivity contribution in [2.24, 2.45) is 0 Å². The molecular weight excluding hydrogens is 262 g/mol. The molecule has 2 nitrogen and oxygen atoms in total. The van der Waals surface area contributed by atoms with E-state index in [1.807, 2.05) is 0 Å². The second-order valence-corrected chi connectivity index (χ2v) is 4.01. The van der Waals surface area contributed by atoms with Crippen molar-refractivity contribution in [2.45, 2.75) is 0 Å². The fourth-order valence-corrected chi connectivity index (χ4v) is 1.84. The van der Waals surface area contributed by atoms with E-state index in [9.17, 15) is 13.6 Å². The summed E-state index contributed by atoms with van der Waals surface area (Å²) in [6.07, 6.45) is 0. The van der Waals surface area contributed by atoms with Gasteiger partial charge in [-0.05, 0) is 23.8 Å². The van der Waals surface area contributed by atoms with Crippen LogP contribution in [-0.2, 0) is 0 Å². The minimum absolute atomic E-state index is 0.0244. The zero-order valence-electron chi connectivity index (χ0n) is 8.95. The molecule has 0 aromatic heterocycles. The Balaban J connectivity index is 2.56. The van der Waals surface area contributed by atoms with Crippen LogP contribution < -0.4 is 0 Å². The molecule has 92 valence electrons. The maximum absolute atomic E-state index is 13.5. The molecule has 2 aromatic rings.